The molecule has 1 fully saturated rings. The molecule has 9 heteroatoms. The Morgan fingerprint density at radius 1 is 0.941 bits per heavy atom. The van der Waals surface area contributed by atoms with Crippen LogP contribution in [0, 0.1) is 0 Å². The number of nitrogens with zero attached hydrogens (tertiary/aromatic N) is 1. The zero-order valence-corrected chi connectivity index (χ0v) is 20.1. The maximum Gasteiger partial charge on any atom is 0.244 e. The highest BCUT2D eigenvalue weighted by molar-refractivity contribution is 7.89. The highest BCUT2D eigenvalue weighted by atomic mass is 35.5. The number of halogens is 1. The molecule has 1 aliphatic rings. The van der Waals surface area contributed by atoms with Crippen molar-refractivity contribution in [1.29, 1.82) is 0 Å². The summed E-state index contributed by atoms with van der Waals surface area (Å²) in [6.07, 6.45) is 0. The van der Waals surface area contributed by atoms with Crippen molar-refractivity contribution >= 4 is 33.2 Å². The fourth-order valence-electron chi connectivity index (χ4n) is 3.82. The van der Waals surface area contributed by atoms with Gasteiger partial charge in [0.05, 0.1) is 30.8 Å². The highest BCUT2D eigenvalue weighted by Crippen LogP contribution is 2.28. The smallest absolute Gasteiger partial charge is 0.244 e. The number of hydrogen-bond donors (Lipinski definition) is 2. The number of sulfonamides is 1. The summed E-state index contributed by atoms with van der Waals surface area (Å²) in [6, 6.07) is 24.0. The fourth-order valence-corrected chi connectivity index (χ4v) is 5.73. The van der Waals surface area contributed by atoms with E-state index >= 15 is 0 Å². The molecular weight excluding hydrogens is 474 g/mol. The van der Waals surface area contributed by atoms with Gasteiger partial charge in [0.1, 0.15) is 4.90 Å². The standard InChI is InChI=1S/C25H26ClN3O4S/c26-22-12-11-21(17-23(22)34(31,32)29-13-15-33-16-14-29)28-24(30)18-27-25(19-7-3-1-4-8-19)20-9-5-2-6-10-20/h1-12,17,25,27H,13-16,18H2,(H,28,30). The largest absolute Gasteiger partial charge is 0.379 e. The second-order valence-electron chi connectivity index (χ2n) is 7.85. The number of morpholine rings is 1. The summed E-state index contributed by atoms with van der Waals surface area (Å²) < 4.78 is 32.7. The molecule has 7 nitrogen and oxygen atoms in total. The zero-order valence-electron chi connectivity index (χ0n) is 18.5. The highest BCUT2D eigenvalue weighted by Gasteiger charge is 2.28. The van der Waals surface area contributed by atoms with Crippen LogP contribution < -0.4 is 10.6 Å². The molecule has 0 spiro atoms. The monoisotopic (exact) mass is 499 g/mol. The molecule has 0 saturated carbocycles. The third kappa shape index (κ3) is 5.84. The van der Waals surface area contributed by atoms with Crippen LogP contribution in [0.3, 0.4) is 0 Å². The molecule has 1 aliphatic heterocycles. The van der Waals surface area contributed by atoms with E-state index in [0.29, 0.717) is 18.9 Å². The third-order valence-corrected chi connectivity index (χ3v) is 7.92. The summed E-state index contributed by atoms with van der Waals surface area (Å²) in [5, 5.41) is 6.18. The van der Waals surface area contributed by atoms with Crippen LogP contribution in [-0.4, -0.2) is 51.5 Å². The van der Waals surface area contributed by atoms with Gasteiger partial charge in [-0.25, -0.2) is 8.42 Å². The van der Waals surface area contributed by atoms with Crippen LogP contribution in [0.1, 0.15) is 17.2 Å². The number of nitrogens with one attached hydrogen (secondary N) is 2. The molecule has 1 saturated heterocycles. The predicted octanol–water partition coefficient (Wildman–Crippen LogP) is 3.68. The van der Waals surface area contributed by atoms with Crippen LogP contribution in [0.5, 0.6) is 0 Å². The van der Waals surface area contributed by atoms with Gasteiger partial charge in [0, 0.05) is 18.8 Å². The van der Waals surface area contributed by atoms with E-state index in [9.17, 15) is 13.2 Å². The van der Waals surface area contributed by atoms with Gasteiger partial charge in [-0.1, -0.05) is 72.3 Å². The Hall–Kier alpha value is -2.75. The van der Waals surface area contributed by atoms with E-state index in [1.165, 1.54) is 16.4 Å². The van der Waals surface area contributed by atoms with Crippen LogP contribution in [0.2, 0.25) is 5.02 Å². The third-order valence-electron chi connectivity index (χ3n) is 5.54. The first-order valence-electron chi connectivity index (χ1n) is 11.0. The number of hydrogen-bond acceptors (Lipinski definition) is 5. The van der Waals surface area contributed by atoms with E-state index in [-0.39, 0.29) is 41.5 Å². The first-order chi connectivity index (χ1) is 16.4. The maximum absolute atomic E-state index is 13.0. The van der Waals surface area contributed by atoms with Crippen molar-refractivity contribution in [3.63, 3.8) is 0 Å². The van der Waals surface area contributed by atoms with Gasteiger partial charge in [0.15, 0.2) is 0 Å². The lowest BCUT2D eigenvalue weighted by molar-refractivity contribution is -0.115. The topological polar surface area (TPSA) is 87.7 Å². The molecule has 1 heterocycles. The fraction of sp³-hybridized carbons (Fsp3) is 0.240. The Morgan fingerprint density at radius 3 is 2.12 bits per heavy atom. The lowest BCUT2D eigenvalue weighted by Gasteiger charge is -2.26. The molecule has 0 bridgehead atoms. The van der Waals surface area contributed by atoms with Crippen molar-refractivity contribution in [2.24, 2.45) is 0 Å². The van der Waals surface area contributed by atoms with Crippen molar-refractivity contribution in [2.45, 2.75) is 10.9 Å². The first-order valence-corrected chi connectivity index (χ1v) is 12.8. The Balaban J connectivity index is 1.47. The van der Waals surface area contributed by atoms with Crippen LogP contribution in [0.4, 0.5) is 5.69 Å². The number of benzene rings is 3. The molecule has 0 aliphatic carbocycles. The summed E-state index contributed by atoms with van der Waals surface area (Å²) in [5.41, 5.74) is 2.43. The second kappa shape index (κ2) is 11.1. The summed E-state index contributed by atoms with van der Waals surface area (Å²) in [4.78, 5) is 12.7. The summed E-state index contributed by atoms with van der Waals surface area (Å²) in [5.74, 6) is -0.297. The SMILES string of the molecule is O=C(CNC(c1ccccc1)c1ccccc1)Nc1ccc(Cl)c(S(=O)(=O)N2CCOCC2)c1. The Bertz CT molecular complexity index is 1180. The minimum atomic E-state index is -3.79. The maximum atomic E-state index is 13.0. The number of amides is 1. The lowest BCUT2D eigenvalue weighted by atomic mass is 9.99. The number of carbonyl (C=O) groups is 1. The second-order valence-corrected chi connectivity index (χ2v) is 10.2. The normalized spacial score (nSPS) is 14.8. The van der Waals surface area contributed by atoms with Gasteiger partial charge in [-0.2, -0.15) is 4.31 Å². The van der Waals surface area contributed by atoms with E-state index in [1.807, 2.05) is 60.7 Å². The van der Waals surface area contributed by atoms with E-state index in [2.05, 4.69) is 10.6 Å². The number of anilines is 1. The van der Waals surface area contributed by atoms with Crippen molar-refractivity contribution in [3.8, 4) is 0 Å². The Kier molecular flexibility index (Phi) is 7.97. The molecule has 3 aromatic carbocycles. The lowest BCUT2D eigenvalue weighted by Crippen LogP contribution is -2.40. The van der Waals surface area contributed by atoms with Crippen LogP contribution in [0.15, 0.2) is 83.8 Å². The van der Waals surface area contributed by atoms with Crippen LogP contribution in [0.25, 0.3) is 0 Å². The van der Waals surface area contributed by atoms with Crippen LogP contribution >= 0.6 is 11.6 Å². The molecular formula is C25H26ClN3O4S. The zero-order chi connectivity index (χ0) is 24.0. The van der Waals surface area contributed by atoms with Crippen molar-refractivity contribution < 1.29 is 17.9 Å². The molecule has 0 radical (unpaired) electrons. The molecule has 1 amide bonds. The summed E-state index contributed by atoms with van der Waals surface area (Å²) in [7, 11) is -3.79. The number of ether oxygens (including phenoxy) is 1. The van der Waals surface area contributed by atoms with Crippen molar-refractivity contribution in [2.75, 3.05) is 38.2 Å². The summed E-state index contributed by atoms with van der Waals surface area (Å²) >= 11 is 6.21. The van der Waals surface area contributed by atoms with Gasteiger partial charge >= 0.3 is 0 Å². The molecule has 2 N–H and O–H groups in total. The van der Waals surface area contributed by atoms with Crippen molar-refractivity contribution in [1.82, 2.24) is 9.62 Å². The van der Waals surface area contributed by atoms with Crippen molar-refractivity contribution in [3.05, 3.63) is 95.0 Å². The number of carbonyl (C=O) groups excluding carboxylic acids is 1. The molecule has 178 valence electrons. The van der Waals surface area contributed by atoms with E-state index in [0.717, 1.165) is 11.1 Å². The minimum absolute atomic E-state index is 0.0304. The minimum Gasteiger partial charge on any atom is -0.379 e. The average Bonchev–Trinajstić information content (AvgIpc) is 2.87. The average molecular weight is 500 g/mol. The van der Waals surface area contributed by atoms with E-state index < -0.39 is 10.0 Å². The molecule has 0 aromatic heterocycles. The van der Waals surface area contributed by atoms with Gasteiger partial charge in [-0.15, -0.1) is 0 Å². The van der Waals surface area contributed by atoms with Gasteiger partial charge in [0.2, 0.25) is 15.9 Å². The molecule has 0 atom stereocenters. The van der Waals surface area contributed by atoms with E-state index in [1.54, 1.807) is 6.07 Å². The molecule has 34 heavy (non-hydrogen) atoms. The summed E-state index contributed by atoms with van der Waals surface area (Å²) in [6.45, 7) is 1.23. The Labute approximate surface area is 204 Å². The van der Waals surface area contributed by atoms with E-state index in [4.69, 9.17) is 16.3 Å². The Morgan fingerprint density at radius 2 is 1.53 bits per heavy atom. The van der Waals surface area contributed by atoms with Crippen LogP contribution in [-0.2, 0) is 19.6 Å². The molecule has 3 aromatic rings. The first kappa shape index (κ1) is 24.4. The van der Waals surface area contributed by atoms with Gasteiger partial charge < -0.3 is 10.1 Å². The van der Waals surface area contributed by atoms with Gasteiger partial charge in [-0.05, 0) is 29.3 Å². The van der Waals surface area contributed by atoms with Gasteiger partial charge in [0.25, 0.3) is 0 Å². The molecule has 0 unspecified atom stereocenters. The van der Waals surface area contributed by atoms with Gasteiger partial charge in [-0.3, -0.25) is 10.1 Å². The molecule has 4 rings (SSSR count). The quantitative estimate of drug-likeness (QED) is 0.493. The predicted molar refractivity (Wildman–Crippen MR) is 132 cm³/mol. The number of rotatable bonds is 8.